The van der Waals surface area contributed by atoms with Crippen molar-refractivity contribution < 1.29 is 9.59 Å². The third-order valence-electron chi connectivity index (χ3n) is 2.80. The number of hydrogen-bond donors (Lipinski definition) is 1. The van der Waals surface area contributed by atoms with Gasteiger partial charge in [-0.25, -0.2) is 4.68 Å². The molecule has 1 atom stereocenters. The molecule has 1 aromatic carbocycles. The number of aryl methyl sites for hydroxylation is 1. The molecule has 0 spiro atoms. The van der Waals surface area contributed by atoms with Crippen LogP contribution in [0.1, 0.15) is 24.9 Å². The first-order valence-corrected chi connectivity index (χ1v) is 6.22. The third-order valence-corrected chi connectivity index (χ3v) is 2.80. The smallest absolute Gasteiger partial charge is 0.222 e. The van der Waals surface area contributed by atoms with Crippen molar-refractivity contribution in [1.29, 1.82) is 0 Å². The molecule has 0 aliphatic rings. The normalized spacial score (nSPS) is 11.8. The minimum Gasteiger partial charge on any atom is -0.342 e. The van der Waals surface area contributed by atoms with E-state index in [2.05, 4.69) is 20.8 Å². The van der Waals surface area contributed by atoms with E-state index in [1.807, 2.05) is 30.3 Å². The molecular formula is C13H15N5O2. The molecule has 7 nitrogen and oxygen atoms in total. The summed E-state index contributed by atoms with van der Waals surface area (Å²) in [6.07, 6.45) is 1.65. The van der Waals surface area contributed by atoms with Gasteiger partial charge in [0.15, 0.2) is 5.78 Å². The van der Waals surface area contributed by atoms with Crippen molar-refractivity contribution in [3.63, 3.8) is 0 Å². The van der Waals surface area contributed by atoms with E-state index in [-0.39, 0.29) is 18.1 Å². The van der Waals surface area contributed by atoms with Crippen LogP contribution in [0.5, 0.6) is 0 Å². The molecule has 2 aromatic rings. The van der Waals surface area contributed by atoms with E-state index in [0.29, 0.717) is 6.54 Å². The van der Waals surface area contributed by atoms with E-state index >= 15 is 0 Å². The lowest BCUT2D eigenvalue weighted by Gasteiger charge is -2.16. The second-order valence-electron chi connectivity index (χ2n) is 4.34. The maximum Gasteiger partial charge on any atom is 0.222 e. The predicted octanol–water partition coefficient (Wildman–Crippen LogP) is 0.510. The van der Waals surface area contributed by atoms with Gasteiger partial charge in [0.05, 0.1) is 6.54 Å². The van der Waals surface area contributed by atoms with Gasteiger partial charge in [-0.05, 0) is 22.9 Å². The van der Waals surface area contributed by atoms with Crippen molar-refractivity contribution in [2.75, 3.05) is 0 Å². The highest BCUT2D eigenvalue weighted by Gasteiger charge is 2.18. The summed E-state index contributed by atoms with van der Waals surface area (Å²) in [4.78, 5) is 23.5. The summed E-state index contributed by atoms with van der Waals surface area (Å²) in [6.45, 7) is 1.83. The summed E-state index contributed by atoms with van der Waals surface area (Å²) >= 11 is 0. The summed E-state index contributed by atoms with van der Waals surface area (Å²) in [5.41, 5.74) is 0.774. The van der Waals surface area contributed by atoms with Gasteiger partial charge in [0, 0.05) is 6.42 Å². The summed E-state index contributed by atoms with van der Waals surface area (Å²) < 4.78 is 1.46. The molecule has 1 heterocycles. The number of benzene rings is 1. The maximum absolute atomic E-state index is 11.9. The Morgan fingerprint density at radius 1 is 1.30 bits per heavy atom. The lowest BCUT2D eigenvalue weighted by molar-refractivity contribution is -0.127. The standard InChI is InChI=1S/C13H15N5O2/c1-10(19)13(11-5-3-2-4-6-11)15-12(20)7-8-18-9-14-16-17-18/h2-6,9,13H,7-8H2,1H3,(H,15,20). The van der Waals surface area contributed by atoms with Crippen LogP contribution in [0.15, 0.2) is 36.7 Å². The molecule has 1 aromatic heterocycles. The van der Waals surface area contributed by atoms with E-state index < -0.39 is 6.04 Å². The topological polar surface area (TPSA) is 89.8 Å². The summed E-state index contributed by atoms with van der Waals surface area (Å²) in [5, 5.41) is 13.4. The molecule has 0 saturated carbocycles. The fourth-order valence-corrected chi connectivity index (χ4v) is 1.80. The number of amides is 1. The average Bonchev–Trinajstić information content (AvgIpc) is 2.96. The monoisotopic (exact) mass is 273 g/mol. The highest BCUT2D eigenvalue weighted by atomic mass is 16.2. The Balaban J connectivity index is 1.95. The van der Waals surface area contributed by atoms with Gasteiger partial charge in [0.2, 0.25) is 5.91 Å². The zero-order chi connectivity index (χ0) is 14.4. The highest BCUT2D eigenvalue weighted by Crippen LogP contribution is 2.13. The Kier molecular flexibility index (Phi) is 4.54. The fraction of sp³-hybridized carbons (Fsp3) is 0.308. The number of Topliss-reactive ketones (excluding diaryl/α,β-unsaturated/α-hetero) is 1. The summed E-state index contributed by atoms with van der Waals surface area (Å²) in [6, 6.07) is 8.54. The fourth-order valence-electron chi connectivity index (χ4n) is 1.80. The second-order valence-corrected chi connectivity index (χ2v) is 4.34. The molecule has 2 rings (SSSR count). The Morgan fingerprint density at radius 3 is 2.65 bits per heavy atom. The Labute approximate surface area is 116 Å². The lowest BCUT2D eigenvalue weighted by Crippen LogP contribution is -2.33. The average molecular weight is 273 g/mol. The molecule has 1 unspecified atom stereocenters. The number of rotatable bonds is 6. The quantitative estimate of drug-likeness (QED) is 0.828. The first-order chi connectivity index (χ1) is 9.66. The first-order valence-electron chi connectivity index (χ1n) is 6.22. The molecule has 0 aliphatic carbocycles. The molecule has 7 heteroatoms. The number of carbonyl (C=O) groups excluding carboxylic acids is 2. The Hall–Kier alpha value is -2.57. The van der Waals surface area contributed by atoms with E-state index in [0.717, 1.165) is 5.56 Å². The van der Waals surface area contributed by atoms with Crippen molar-refractivity contribution >= 4 is 11.7 Å². The van der Waals surface area contributed by atoms with E-state index in [4.69, 9.17) is 0 Å². The third kappa shape index (κ3) is 3.71. The first kappa shape index (κ1) is 13.9. The van der Waals surface area contributed by atoms with E-state index in [1.54, 1.807) is 0 Å². The molecule has 0 fully saturated rings. The van der Waals surface area contributed by atoms with Crippen LogP contribution in [0.25, 0.3) is 0 Å². The van der Waals surface area contributed by atoms with Crippen LogP contribution in [0.3, 0.4) is 0 Å². The molecule has 0 bridgehead atoms. The van der Waals surface area contributed by atoms with E-state index in [1.165, 1.54) is 17.9 Å². The Bertz CT molecular complexity index is 568. The number of aromatic nitrogens is 4. The SMILES string of the molecule is CC(=O)C(NC(=O)CCn1cnnn1)c1ccccc1. The number of carbonyl (C=O) groups is 2. The van der Waals surface area contributed by atoms with Gasteiger partial charge in [-0.3, -0.25) is 9.59 Å². The number of ketones is 1. The number of nitrogens with zero attached hydrogens (tertiary/aromatic N) is 4. The number of nitrogens with one attached hydrogen (secondary N) is 1. The predicted molar refractivity (Wildman–Crippen MR) is 70.4 cm³/mol. The van der Waals surface area contributed by atoms with Crippen LogP contribution in [0.4, 0.5) is 0 Å². The second kappa shape index (κ2) is 6.55. The minimum absolute atomic E-state index is 0.105. The molecule has 0 radical (unpaired) electrons. The van der Waals surface area contributed by atoms with Crippen LogP contribution in [-0.2, 0) is 16.1 Å². The molecular weight excluding hydrogens is 258 g/mol. The molecule has 20 heavy (non-hydrogen) atoms. The maximum atomic E-state index is 11.9. The molecule has 1 N–H and O–H groups in total. The van der Waals surface area contributed by atoms with Crippen LogP contribution < -0.4 is 5.32 Å². The summed E-state index contributed by atoms with van der Waals surface area (Å²) in [5.74, 6) is -0.323. The van der Waals surface area contributed by atoms with Crippen LogP contribution in [0, 0.1) is 0 Å². The van der Waals surface area contributed by atoms with Gasteiger partial charge in [-0.2, -0.15) is 0 Å². The summed E-state index contributed by atoms with van der Waals surface area (Å²) in [7, 11) is 0. The van der Waals surface area contributed by atoms with Crippen molar-refractivity contribution in [2.45, 2.75) is 25.9 Å². The van der Waals surface area contributed by atoms with Gasteiger partial charge in [-0.15, -0.1) is 5.10 Å². The van der Waals surface area contributed by atoms with Crippen LogP contribution >= 0.6 is 0 Å². The van der Waals surface area contributed by atoms with E-state index in [9.17, 15) is 9.59 Å². The van der Waals surface area contributed by atoms with Gasteiger partial charge < -0.3 is 5.32 Å². The molecule has 0 saturated heterocycles. The Morgan fingerprint density at radius 2 is 2.05 bits per heavy atom. The van der Waals surface area contributed by atoms with Gasteiger partial charge in [-0.1, -0.05) is 30.3 Å². The largest absolute Gasteiger partial charge is 0.342 e. The highest BCUT2D eigenvalue weighted by molar-refractivity contribution is 5.88. The van der Waals surface area contributed by atoms with Gasteiger partial charge in [0.25, 0.3) is 0 Å². The van der Waals surface area contributed by atoms with Gasteiger partial charge >= 0.3 is 0 Å². The van der Waals surface area contributed by atoms with Crippen molar-refractivity contribution in [3.8, 4) is 0 Å². The van der Waals surface area contributed by atoms with Crippen LogP contribution in [0.2, 0.25) is 0 Å². The van der Waals surface area contributed by atoms with Crippen molar-refractivity contribution in [3.05, 3.63) is 42.2 Å². The molecule has 104 valence electrons. The zero-order valence-electron chi connectivity index (χ0n) is 11.1. The van der Waals surface area contributed by atoms with Crippen LogP contribution in [-0.4, -0.2) is 31.9 Å². The minimum atomic E-state index is -0.613. The zero-order valence-corrected chi connectivity index (χ0v) is 11.1. The van der Waals surface area contributed by atoms with Crippen molar-refractivity contribution in [2.24, 2.45) is 0 Å². The molecule has 0 aliphatic heterocycles. The van der Waals surface area contributed by atoms with Gasteiger partial charge in [0.1, 0.15) is 12.4 Å². The molecule has 1 amide bonds. The lowest BCUT2D eigenvalue weighted by atomic mass is 10.0. The number of tetrazole rings is 1. The van der Waals surface area contributed by atoms with Crippen molar-refractivity contribution in [1.82, 2.24) is 25.5 Å². The number of hydrogen-bond acceptors (Lipinski definition) is 5.